The highest BCUT2D eigenvalue weighted by Gasteiger charge is 2.32. The maximum Gasteiger partial charge on any atom is 0.291 e. The van der Waals surface area contributed by atoms with Crippen molar-refractivity contribution in [3.05, 3.63) is 59.1 Å². The second kappa shape index (κ2) is 7.89. The molecule has 1 atom stereocenters. The van der Waals surface area contributed by atoms with E-state index in [0.29, 0.717) is 18.8 Å². The normalized spacial score (nSPS) is 16.2. The summed E-state index contributed by atoms with van der Waals surface area (Å²) in [6.45, 7) is 4.13. The average Bonchev–Trinajstić information content (AvgIpc) is 3.27. The van der Waals surface area contributed by atoms with Crippen LogP contribution >= 0.6 is 0 Å². The molecule has 0 bridgehead atoms. The minimum absolute atomic E-state index is 0.0821. The number of aromatic nitrogens is 5. The molecule has 11 heteroatoms. The first kappa shape index (κ1) is 20.6. The second-order valence-electron chi connectivity index (χ2n) is 7.43. The Morgan fingerprint density at radius 2 is 2.06 bits per heavy atom. The third-order valence-corrected chi connectivity index (χ3v) is 5.27. The predicted molar refractivity (Wildman–Crippen MR) is 106 cm³/mol. The predicted octanol–water partition coefficient (Wildman–Crippen LogP) is 1.58. The molecule has 3 aromatic rings. The van der Waals surface area contributed by atoms with Crippen molar-refractivity contribution < 1.29 is 18.4 Å². The number of fused-ring (bicyclic) bond motifs is 1. The summed E-state index contributed by atoms with van der Waals surface area (Å²) in [6.07, 6.45) is 1.64. The highest BCUT2D eigenvalue weighted by molar-refractivity contribution is 6.01. The Hall–Kier alpha value is -3.63. The highest BCUT2D eigenvalue weighted by atomic mass is 19.1. The zero-order chi connectivity index (χ0) is 22.3. The van der Waals surface area contributed by atoms with Crippen LogP contribution in [-0.4, -0.2) is 49.2 Å². The van der Waals surface area contributed by atoms with Crippen molar-refractivity contribution in [2.45, 2.75) is 39.4 Å². The van der Waals surface area contributed by atoms with Gasteiger partial charge in [0.1, 0.15) is 35.6 Å². The molecule has 1 N–H and O–H groups in total. The maximum atomic E-state index is 13.8. The minimum Gasteiger partial charge on any atom is -0.337 e. The molecule has 1 aliphatic heterocycles. The van der Waals surface area contributed by atoms with Crippen molar-refractivity contribution in [1.29, 1.82) is 0 Å². The quantitative estimate of drug-likeness (QED) is 0.679. The van der Waals surface area contributed by atoms with Gasteiger partial charge in [0.25, 0.3) is 11.8 Å². The van der Waals surface area contributed by atoms with Crippen molar-refractivity contribution in [3.63, 3.8) is 0 Å². The summed E-state index contributed by atoms with van der Waals surface area (Å²) in [7, 11) is 1.65. The molecule has 0 aliphatic carbocycles. The van der Waals surface area contributed by atoms with Crippen LogP contribution in [0.4, 0.5) is 14.6 Å². The van der Waals surface area contributed by atoms with Gasteiger partial charge in [-0.15, -0.1) is 5.10 Å². The Kier molecular flexibility index (Phi) is 5.25. The summed E-state index contributed by atoms with van der Waals surface area (Å²) in [5.74, 6) is -0.705. The van der Waals surface area contributed by atoms with Gasteiger partial charge in [0, 0.05) is 19.2 Å². The van der Waals surface area contributed by atoms with Crippen LogP contribution in [0, 0.1) is 25.5 Å². The molecule has 3 heterocycles. The van der Waals surface area contributed by atoms with Crippen LogP contribution < -0.4 is 10.2 Å². The number of benzene rings is 1. The van der Waals surface area contributed by atoms with E-state index in [1.165, 1.54) is 15.9 Å². The number of carbonyl (C=O) groups is 2. The molecular weight excluding hydrogens is 408 g/mol. The van der Waals surface area contributed by atoms with Crippen LogP contribution in [0.1, 0.15) is 34.1 Å². The zero-order valence-electron chi connectivity index (χ0n) is 17.3. The highest BCUT2D eigenvalue weighted by Crippen LogP contribution is 2.25. The van der Waals surface area contributed by atoms with Crippen molar-refractivity contribution in [2.24, 2.45) is 0 Å². The molecule has 0 radical (unpaired) electrons. The average molecular weight is 429 g/mol. The Morgan fingerprint density at radius 3 is 2.84 bits per heavy atom. The number of carbonyl (C=O) groups excluding carboxylic acids is 2. The summed E-state index contributed by atoms with van der Waals surface area (Å²) >= 11 is 0. The van der Waals surface area contributed by atoms with Crippen molar-refractivity contribution >= 4 is 17.6 Å². The standard InChI is InChI=1S/C20H21F2N7O2/c1-11-19-27(3)20(31)16(6-7-29(19)12(2)24-11)25-18(30)17-23-10-28(26-17)9-13-8-14(21)4-5-15(13)22/h4-5,8,10,16H,6-7,9H2,1-3H3,(H,25,30). The summed E-state index contributed by atoms with van der Waals surface area (Å²) < 4.78 is 30.4. The summed E-state index contributed by atoms with van der Waals surface area (Å²) in [4.78, 5) is 35.4. The number of hydrogen-bond acceptors (Lipinski definition) is 5. The molecule has 9 nitrogen and oxygen atoms in total. The molecule has 2 amide bonds. The number of halogens is 2. The molecule has 31 heavy (non-hydrogen) atoms. The number of aryl methyl sites for hydroxylation is 2. The van der Waals surface area contributed by atoms with Gasteiger partial charge in [0.2, 0.25) is 5.82 Å². The Morgan fingerprint density at radius 1 is 1.29 bits per heavy atom. The second-order valence-corrected chi connectivity index (χ2v) is 7.43. The topological polar surface area (TPSA) is 97.9 Å². The molecule has 0 fully saturated rings. The van der Waals surface area contributed by atoms with E-state index < -0.39 is 23.6 Å². The molecule has 0 saturated carbocycles. The van der Waals surface area contributed by atoms with E-state index in [4.69, 9.17) is 0 Å². The van der Waals surface area contributed by atoms with Gasteiger partial charge < -0.3 is 9.88 Å². The zero-order valence-corrected chi connectivity index (χ0v) is 17.3. The molecule has 1 unspecified atom stereocenters. The molecule has 4 rings (SSSR count). The lowest BCUT2D eigenvalue weighted by Gasteiger charge is -2.20. The SMILES string of the molecule is Cc1nc(C)n2c1N(C)C(=O)C(NC(=O)c1ncn(Cc3cc(F)ccc3F)n1)CC2. The Labute approximate surface area is 176 Å². The number of nitrogens with one attached hydrogen (secondary N) is 1. The van der Waals surface area contributed by atoms with Crippen LogP contribution in [-0.2, 0) is 17.9 Å². The van der Waals surface area contributed by atoms with Gasteiger partial charge in [-0.2, -0.15) is 0 Å². The van der Waals surface area contributed by atoms with Crippen LogP contribution in [0.5, 0.6) is 0 Å². The summed E-state index contributed by atoms with van der Waals surface area (Å²) in [6, 6.07) is 2.35. The van der Waals surface area contributed by atoms with E-state index in [1.54, 1.807) is 7.05 Å². The largest absolute Gasteiger partial charge is 0.337 e. The molecule has 1 aliphatic rings. The summed E-state index contributed by atoms with van der Waals surface area (Å²) in [5, 5.41) is 6.71. The third kappa shape index (κ3) is 3.90. The van der Waals surface area contributed by atoms with E-state index in [0.717, 1.165) is 29.7 Å². The fraction of sp³-hybridized carbons (Fsp3) is 0.350. The van der Waals surface area contributed by atoms with Gasteiger partial charge in [-0.1, -0.05) is 0 Å². The molecule has 0 spiro atoms. The van der Waals surface area contributed by atoms with Crippen molar-refractivity contribution in [3.8, 4) is 0 Å². The van der Waals surface area contributed by atoms with Crippen molar-refractivity contribution in [1.82, 2.24) is 29.6 Å². The number of amides is 2. The van der Waals surface area contributed by atoms with E-state index in [2.05, 4.69) is 20.4 Å². The monoisotopic (exact) mass is 429 g/mol. The molecular formula is C20H21F2N7O2. The van der Waals surface area contributed by atoms with E-state index in [9.17, 15) is 18.4 Å². The number of nitrogens with zero attached hydrogens (tertiary/aromatic N) is 6. The van der Waals surface area contributed by atoms with Gasteiger partial charge in [0.05, 0.1) is 12.2 Å². The Balaban J connectivity index is 1.47. The summed E-state index contributed by atoms with van der Waals surface area (Å²) in [5.41, 5.74) is 0.823. The van der Waals surface area contributed by atoms with Gasteiger partial charge in [-0.25, -0.2) is 23.4 Å². The van der Waals surface area contributed by atoms with Gasteiger partial charge in [-0.05, 0) is 38.5 Å². The van der Waals surface area contributed by atoms with Crippen LogP contribution in [0.2, 0.25) is 0 Å². The smallest absolute Gasteiger partial charge is 0.291 e. The van der Waals surface area contributed by atoms with Crippen LogP contribution in [0.25, 0.3) is 0 Å². The lowest BCUT2D eigenvalue weighted by atomic mass is 10.2. The van der Waals surface area contributed by atoms with E-state index in [-0.39, 0.29) is 23.8 Å². The number of imidazole rings is 1. The van der Waals surface area contributed by atoms with E-state index >= 15 is 0 Å². The van der Waals surface area contributed by atoms with Crippen molar-refractivity contribution in [2.75, 3.05) is 11.9 Å². The lowest BCUT2D eigenvalue weighted by Crippen LogP contribution is -2.47. The van der Waals surface area contributed by atoms with E-state index in [1.807, 2.05) is 18.4 Å². The number of rotatable bonds is 4. The first-order valence-corrected chi connectivity index (χ1v) is 9.70. The molecule has 0 saturated heterocycles. The molecule has 1 aromatic carbocycles. The molecule has 2 aromatic heterocycles. The third-order valence-electron chi connectivity index (χ3n) is 5.27. The van der Waals surface area contributed by atoms with Crippen LogP contribution in [0.3, 0.4) is 0 Å². The van der Waals surface area contributed by atoms with Gasteiger partial charge in [0.15, 0.2) is 0 Å². The first-order chi connectivity index (χ1) is 14.7. The first-order valence-electron chi connectivity index (χ1n) is 9.70. The molecule has 162 valence electrons. The fourth-order valence-electron chi connectivity index (χ4n) is 3.78. The number of hydrogen-bond donors (Lipinski definition) is 1. The Bertz CT molecular complexity index is 1170. The fourth-order valence-corrected chi connectivity index (χ4v) is 3.78. The number of likely N-dealkylation sites (N-methyl/N-ethyl adjacent to an activating group) is 1. The van der Waals surface area contributed by atoms with Crippen LogP contribution in [0.15, 0.2) is 24.5 Å². The number of anilines is 1. The maximum absolute atomic E-state index is 13.8. The minimum atomic E-state index is -0.760. The van der Waals surface area contributed by atoms with Gasteiger partial charge >= 0.3 is 0 Å². The van der Waals surface area contributed by atoms with Gasteiger partial charge in [-0.3, -0.25) is 14.5 Å². The lowest BCUT2D eigenvalue weighted by molar-refractivity contribution is -0.120.